The quantitative estimate of drug-likeness (QED) is 0.888. The predicted molar refractivity (Wildman–Crippen MR) is 81.3 cm³/mol. The average molecular weight is 293 g/mol. The van der Waals surface area contributed by atoms with E-state index < -0.39 is 0 Å². The van der Waals surface area contributed by atoms with Crippen molar-refractivity contribution in [1.82, 2.24) is 5.32 Å². The molecule has 5 heteroatoms. The van der Waals surface area contributed by atoms with E-state index in [0.717, 1.165) is 11.3 Å². The van der Waals surface area contributed by atoms with Crippen molar-refractivity contribution >= 4 is 11.3 Å². The maximum Gasteiger partial charge on any atom is 0.164 e. The Balaban J connectivity index is 2.53. The molecule has 0 saturated carbocycles. The average Bonchev–Trinajstić information content (AvgIpc) is 3.01. The zero-order chi connectivity index (χ0) is 14.5. The highest BCUT2D eigenvalue weighted by Crippen LogP contribution is 2.40. The lowest BCUT2D eigenvalue weighted by Crippen LogP contribution is -2.17. The molecule has 108 valence electrons. The second kappa shape index (κ2) is 6.63. The number of rotatable bonds is 6. The number of nitrogens with one attached hydrogen (secondary N) is 1. The van der Waals surface area contributed by atoms with Crippen LogP contribution in [-0.4, -0.2) is 28.4 Å². The lowest BCUT2D eigenvalue weighted by atomic mass is 10.0. The zero-order valence-corrected chi connectivity index (χ0v) is 12.9. The summed E-state index contributed by atoms with van der Waals surface area (Å²) >= 11 is 1.70. The summed E-state index contributed by atoms with van der Waals surface area (Å²) in [5, 5.41) is 5.38. The van der Waals surface area contributed by atoms with Crippen LogP contribution in [0.4, 0.5) is 0 Å². The Bertz CT molecular complexity index is 554. The number of benzene rings is 1. The molecule has 0 bridgehead atoms. The van der Waals surface area contributed by atoms with Crippen LogP contribution in [0.3, 0.4) is 0 Å². The van der Waals surface area contributed by atoms with Gasteiger partial charge in [-0.05, 0) is 24.6 Å². The second-order valence-electron chi connectivity index (χ2n) is 4.19. The van der Waals surface area contributed by atoms with Crippen molar-refractivity contribution in [3.05, 3.63) is 40.1 Å². The van der Waals surface area contributed by atoms with Gasteiger partial charge in [0, 0.05) is 16.5 Å². The number of ether oxygens (including phenoxy) is 3. The molecule has 20 heavy (non-hydrogen) atoms. The third kappa shape index (κ3) is 2.73. The topological polar surface area (TPSA) is 39.7 Å². The van der Waals surface area contributed by atoms with Crippen LogP contribution in [0, 0.1) is 0 Å². The fourth-order valence-corrected chi connectivity index (χ4v) is 3.04. The standard InChI is InChI=1S/C15H19NO3S/c1-16-15(14-6-5-7-20-14)10-8-12(18-3)13(19-4)9-11(10)17-2/h5-9,15-16H,1-4H3. The molecule has 0 aliphatic heterocycles. The van der Waals surface area contributed by atoms with Crippen LogP contribution in [0.25, 0.3) is 0 Å². The van der Waals surface area contributed by atoms with Crippen molar-refractivity contribution < 1.29 is 14.2 Å². The highest BCUT2D eigenvalue weighted by molar-refractivity contribution is 7.10. The van der Waals surface area contributed by atoms with Crippen LogP contribution in [0.2, 0.25) is 0 Å². The first kappa shape index (κ1) is 14.7. The molecule has 2 rings (SSSR count). The molecule has 1 heterocycles. The molecule has 0 aliphatic carbocycles. The van der Waals surface area contributed by atoms with E-state index in [4.69, 9.17) is 14.2 Å². The first-order valence-electron chi connectivity index (χ1n) is 6.25. The van der Waals surface area contributed by atoms with E-state index in [0.29, 0.717) is 11.5 Å². The molecular weight excluding hydrogens is 274 g/mol. The van der Waals surface area contributed by atoms with Gasteiger partial charge in [-0.3, -0.25) is 0 Å². The van der Waals surface area contributed by atoms with Crippen molar-refractivity contribution in [3.63, 3.8) is 0 Å². The molecule has 0 radical (unpaired) electrons. The van der Waals surface area contributed by atoms with Crippen LogP contribution in [0.1, 0.15) is 16.5 Å². The van der Waals surface area contributed by atoms with Gasteiger partial charge in [0.2, 0.25) is 0 Å². The van der Waals surface area contributed by atoms with Crippen molar-refractivity contribution in [2.75, 3.05) is 28.4 Å². The van der Waals surface area contributed by atoms with E-state index in [1.165, 1.54) is 4.88 Å². The van der Waals surface area contributed by atoms with Gasteiger partial charge in [0.15, 0.2) is 11.5 Å². The summed E-state index contributed by atoms with van der Waals surface area (Å²) in [6.45, 7) is 0. The second-order valence-corrected chi connectivity index (χ2v) is 5.17. The van der Waals surface area contributed by atoms with Gasteiger partial charge in [-0.25, -0.2) is 0 Å². The molecular formula is C15H19NO3S. The Morgan fingerprint density at radius 3 is 2.15 bits per heavy atom. The molecule has 0 amide bonds. The molecule has 0 fully saturated rings. The summed E-state index contributed by atoms with van der Waals surface area (Å²) in [5.74, 6) is 2.13. The van der Waals surface area contributed by atoms with Crippen LogP contribution < -0.4 is 19.5 Å². The van der Waals surface area contributed by atoms with Gasteiger partial charge in [0.25, 0.3) is 0 Å². The summed E-state index contributed by atoms with van der Waals surface area (Å²) < 4.78 is 16.2. The van der Waals surface area contributed by atoms with Gasteiger partial charge < -0.3 is 19.5 Å². The van der Waals surface area contributed by atoms with Crippen molar-refractivity contribution in [1.29, 1.82) is 0 Å². The van der Waals surface area contributed by atoms with Crippen LogP contribution >= 0.6 is 11.3 Å². The fourth-order valence-electron chi connectivity index (χ4n) is 2.18. The van der Waals surface area contributed by atoms with Gasteiger partial charge in [-0.1, -0.05) is 6.07 Å². The highest BCUT2D eigenvalue weighted by Gasteiger charge is 2.20. The Morgan fingerprint density at radius 1 is 1.00 bits per heavy atom. The van der Waals surface area contributed by atoms with Crippen molar-refractivity contribution in [2.45, 2.75) is 6.04 Å². The molecule has 1 atom stereocenters. The summed E-state index contributed by atoms with van der Waals surface area (Å²) in [6, 6.07) is 8.01. The van der Waals surface area contributed by atoms with Crippen molar-refractivity contribution in [3.8, 4) is 17.2 Å². The third-order valence-corrected chi connectivity index (χ3v) is 4.10. The Morgan fingerprint density at radius 2 is 1.65 bits per heavy atom. The molecule has 1 aromatic heterocycles. The molecule has 1 aromatic carbocycles. The first-order valence-corrected chi connectivity index (χ1v) is 7.13. The zero-order valence-electron chi connectivity index (χ0n) is 12.1. The monoisotopic (exact) mass is 293 g/mol. The minimum atomic E-state index is 0.0600. The van der Waals surface area contributed by atoms with E-state index in [-0.39, 0.29) is 6.04 Å². The molecule has 2 aromatic rings. The van der Waals surface area contributed by atoms with Gasteiger partial charge in [0.1, 0.15) is 5.75 Å². The SMILES string of the molecule is CNC(c1cccs1)c1cc(OC)c(OC)cc1OC. The van der Waals surface area contributed by atoms with Crippen LogP contribution in [0.15, 0.2) is 29.6 Å². The third-order valence-electron chi connectivity index (χ3n) is 3.16. The smallest absolute Gasteiger partial charge is 0.164 e. The number of methoxy groups -OCH3 is 3. The lowest BCUT2D eigenvalue weighted by molar-refractivity contribution is 0.346. The minimum absolute atomic E-state index is 0.0600. The molecule has 1 unspecified atom stereocenters. The predicted octanol–water partition coefficient (Wildman–Crippen LogP) is 3.08. The minimum Gasteiger partial charge on any atom is -0.496 e. The summed E-state index contributed by atoms with van der Waals surface area (Å²) in [5.41, 5.74) is 1.02. The highest BCUT2D eigenvalue weighted by atomic mass is 32.1. The number of thiophene rings is 1. The maximum atomic E-state index is 5.50. The number of hydrogen-bond acceptors (Lipinski definition) is 5. The van der Waals surface area contributed by atoms with Gasteiger partial charge in [0.05, 0.1) is 27.4 Å². The summed E-state index contributed by atoms with van der Waals surface area (Å²) in [6.07, 6.45) is 0. The fraction of sp³-hybridized carbons (Fsp3) is 0.333. The molecule has 0 spiro atoms. The summed E-state index contributed by atoms with van der Waals surface area (Å²) in [7, 11) is 6.84. The molecule has 0 saturated heterocycles. The molecule has 4 nitrogen and oxygen atoms in total. The van der Waals surface area contributed by atoms with E-state index in [1.54, 1.807) is 32.7 Å². The maximum absolute atomic E-state index is 5.50. The van der Waals surface area contributed by atoms with E-state index in [2.05, 4.69) is 16.8 Å². The largest absolute Gasteiger partial charge is 0.496 e. The van der Waals surface area contributed by atoms with E-state index in [1.807, 2.05) is 25.2 Å². The molecule has 1 N–H and O–H groups in total. The number of hydrogen-bond donors (Lipinski definition) is 1. The Labute approximate surface area is 123 Å². The normalized spacial score (nSPS) is 12.0. The van der Waals surface area contributed by atoms with Crippen LogP contribution in [0.5, 0.6) is 17.2 Å². The van der Waals surface area contributed by atoms with Gasteiger partial charge >= 0.3 is 0 Å². The Hall–Kier alpha value is -1.72. The molecule has 0 aliphatic rings. The summed E-state index contributed by atoms with van der Waals surface area (Å²) in [4.78, 5) is 1.22. The van der Waals surface area contributed by atoms with Gasteiger partial charge in [-0.15, -0.1) is 11.3 Å². The Kier molecular flexibility index (Phi) is 4.87. The lowest BCUT2D eigenvalue weighted by Gasteiger charge is -2.20. The van der Waals surface area contributed by atoms with Gasteiger partial charge in [-0.2, -0.15) is 0 Å². The van der Waals surface area contributed by atoms with E-state index >= 15 is 0 Å². The van der Waals surface area contributed by atoms with E-state index in [9.17, 15) is 0 Å². The van der Waals surface area contributed by atoms with Crippen molar-refractivity contribution in [2.24, 2.45) is 0 Å². The first-order chi connectivity index (χ1) is 9.74. The van der Waals surface area contributed by atoms with Crippen LogP contribution in [-0.2, 0) is 0 Å².